The van der Waals surface area contributed by atoms with Crippen LogP contribution in [-0.2, 0) is 24.8 Å². The van der Waals surface area contributed by atoms with E-state index in [1.54, 1.807) is 49.4 Å². The minimum absolute atomic E-state index is 0.0155. The summed E-state index contributed by atoms with van der Waals surface area (Å²) in [5, 5.41) is 13.8. The Labute approximate surface area is 227 Å². The molecule has 206 valence electrons. The topological polar surface area (TPSA) is 146 Å². The predicted octanol–water partition coefficient (Wildman–Crippen LogP) is 2.00. The number of rotatable bonds is 9. The third-order valence-corrected chi connectivity index (χ3v) is 9.80. The molecule has 0 bridgehead atoms. The molecule has 1 fully saturated rings. The van der Waals surface area contributed by atoms with E-state index in [1.807, 2.05) is 0 Å². The van der Waals surface area contributed by atoms with Crippen molar-refractivity contribution < 1.29 is 31.5 Å². The highest BCUT2D eigenvalue weighted by atomic mass is 32.2. The van der Waals surface area contributed by atoms with Crippen LogP contribution in [0.3, 0.4) is 0 Å². The third-order valence-electron chi connectivity index (χ3n) is 6.00. The highest BCUT2D eigenvalue weighted by Crippen LogP contribution is 2.27. The smallest absolute Gasteiger partial charge is 0.259 e. The van der Waals surface area contributed by atoms with Gasteiger partial charge in [-0.15, -0.1) is 0 Å². The van der Waals surface area contributed by atoms with Crippen LogP contribution in [0.4, 0.5) is 0 Å². The van der Waals surface area contributed by atoms with Crippen molar-refractivity contribution in [3.63, 3.8) is 0 Å². The molecule has 4 rings (SSSR count). The molecular formula is C26H28N4O7S2. The molecule has 0 unspecified atom stereocenters. The SMILES string of the molecule is CCOc1cc(/C=N\NC(=O)[C@H]2CN(S(=O)(=O)c3ccccc3)CCN2S(=O)(=O)c2ccccc2)ccc1O. The Bertz CT molecular complexity index is 1550. The van der Waals surface area contributed by atoms with Crippen molar-refractivity contribution >= 4 is 32.2 Å². The zero-order valence-electron chi connectivity index (χ0n) is 21.0. The number of sulfonamides is 2. The van der Waals surface area contributed by atoms with E-state index in [0.29, 0.717) is 12.2 Å². The first-order chi connectivity index (χ1) is 18.6. The molecule has 2 N–H and O–H groups in total. The normalized spacial score (nSPS) is 17.2. The highest BCUT2D eigenvalue weighted by Gasteiger charge is 2.43. The van der Waals surface area contributed by atoms with E-state index in [2.05, 4.69) is 10.5 Å². The minimum atomic E-state index is -4.13. The van der Waals surface area contributed by atoms with Crippen LogP contribution in [0.2, 0.25) is 0 Å². The maximum Gasteiger partial charge on any atom is 0.259 e. The first-order valence-electron chi connectivity index (χ1n) is 12.1. The Hall–Kier alpha value is -3.78. The number of carbonyl (C=O) groups excluding carboxylic acids is 1. The summed E-state index contributed by atoms with van der Waals surface area (Å²) in [5.41, 5.74) is 2.83. The molecule has 0 aromatic heterocycles. The van der Waals surface area contributed by atoms with Crippen LogP contribution >= 0.6 is 0 Å². The predicted molar refractivity (Wildman–Crippen MR) is 144 cm³/mol. The van der Waals surface area contributed by atoms with Gasteiger partial charge >= 0.3 is 0 Å². The van der Waals surface area contributed by atoms with Crippen LogP contribution in [-0.4, -0.2) is 75.0 Å². The Morgan fingerprint density at radius 1 is 0.974 bits per heavy atom. The summed E-state index contributed by atoms with van der Waals surface area (Å²) >= 11 is 0. The number of piperazine rings is 1. The van der Waals surface area contributed by atoms with Crippen molar-refractivity contribution in [2.75, 3.05) is 26.2 Å². The second kappa shape index (κ2) is 11.9. The number of aromatic hydroxyl groups is 1. The fourth-order valence-electron chi connectivity index (χ4n) is 4.06. The van der Waals surface area contributed by atoms with Crippen LogP contribution in [0.1, 0.15) is 12.5 Å². The van der Waals surface area contributed by atoms with Gasteiger partial charge in [0.2, 0.25) is 20.0 Å². The Balaban J connectivity index is 1.61. The molecule has 1 saturated heterocycles. The number of hydrazone groups is 1. The van der Waals surface area contributed by atoms with E-state index in [-0.39, 0.29) is 34.4 Å². The van der Waals surface area contributed by atoms with Crippen molar-refractivity contribution in [2.45, 2.75) is 22.8 Å². The Morgan fingerprint density at radius 3 is 2.21 bits per heavy atom. The van der Waals surface area contributed by atoms with Crippen LogP contribution in [0, 0.1) is 0 Å². The molecule has 0 radical (unpaired) electrons. The van der Waals surface area contributed by atoms with Crippen molar-refractivity contribution in [1.29, 1.82) is 0 Å². The van der Waals surface area contributed by atoms with Gasteiger partial charge in [0.05, 0.1) is 22.6 Å². The Kier molecular flexibility index (Phi) is 8.65. The first-order valence-corrected chi connectivity index (χ1v) is 14.9. The van der Waals surface area contributed by atoms with Gasteiger partial charge in [-0.1, -0.05) is 36.4 Å². The summed E-state index contributed by atoms with van der Waals surface area (Å²) in [4.78, 5) is 13.3. The number of nitrogens with one attached hydrogen (secondary N) is 1. The number of amides is 1. The molecule has 11 nitrogen and oxygen atoms in total. The molecule has 1 aliphatic rings. The number of phenolic OH excluding ortho intramolecular Hbond substituents is 1. The number of hydrogen-bond donors (Lipinski definition) is 2. The number of nitrogens with zero attached hydrogens (tertiary/aromatic N) is 3. The van der Waals surface area contributed by atoms with Crippen molar-refractivity contribution in [3.05, 3.63) is 84.4 Å². The molecule has 1 aliphatic heterocycles. The van der Waals surface area contributed by atoms with Crippen molar-refractivity contribution in [2.24, 2.45) is 5.10 Å². The number of carbonyl (C=O) groups is 1. The molecule has 3 aromatic carbocycles. The molecule has 1 amide bonds. The standard InChI is InChI=1S/C26H28N4O7S2/c1-2-37-25-17-20(13-14-24(25)31)18-27-28-26(32)23-19-29(38(33,34)21-9-5-3-6-10-21)15-16-30(23)39(35,36)22-11-7-4-8-12-22/h3-14,17-18,23,31H,2,15-16,19H2,1H3,(H,28,32)/b27-18-/t23-/m1/s1. The maximum atomic E-state index is 13.5. The summed E-state index contributed by atoms with van der Waals surface area (Å²) in [6.07, 6.45) is 1.30. The highest BCUT2D eigenvalue weighted by molar-refractivity contribution is 7.89. The lowest BCUT2D eigenvalue weighted by molar-refractivity contribution is -0.125. The fourth-order valence-corrected chi connectivity index (χ4v) is 7.11. The second-order valence-corrected chi connectivity index (χ2v) is 12.3. The van der Waals surface area contributed by atoms with Gasteiger partial charge in [-0.3, -0.25) is 4.79 Å². The van der Waals surface area contributed by atoms with Gasteiger partial charge in [-0.25, -0.2) is 22.3 Å². The lowest BCUT2D eigenvalue weighted by atomic mass is 10.2. The Morgan fingerprint density at radius 2 is 1.59 bits per heavy atom. The molecule has 1 atom stereocenters. The van der Waals surface area contributed by atoms with E-state index in [1.165, 1.54) is 42.6 Å². The molecule has 0 spiro atoms. The number of ether oxygens (including phenoxy) is 1. The van der Waals surface area contributed by atoms with E-state index in [4.69, 9.17) is 4.74 Å². The molecule has 3 aromatic rings. The van der Waals surface area contributed by atoms with Gasteiger partial charge in [-0.2, -0.15) is 13.7 Å². The largest absolute Gasteiger partial charge is 0.504 e. The summed E-state index contributed by atoms with van der Waals surface area (Å²) in [6, 6.07) is 18.5. The maximum absolute atomic E-state index is 13.5. The van der Waals surface area contributed by atoms with Gasteiger partial charge in [0.25, 0.3) is 5.91 Å². The summed E-state index contributed by atoms with van der Waals surface area (Å²) < 4.78 is 60.9. The number of phenols is 1. The lowest BCUT2D eigenvalue weighted by Crippen LogP contribution is -2.60. The van der Waals surface area contributed by atoms with Gasteiger partial charge in [0, 0.05) is 19.6 Å². The van der Waals surface area contributed by atoms with Crippen molar-refractivity contribution in [3.8, 4) is 11.5 Å². The van der Waals surface area contributed by atoms with Crippen LogP contribution in [0.25, 0.3) is 0 Å². The van der Waals surface area contributed by atoms with Crippen LogP contribution in [0.15, 0.2) is 93.8 Å². The summed E-state index contributed by atoms with van der Waals surface area (Å²) in [5.74, 6) is -0.619. The molecule has 0 aliphatic carbocycles. The zero-order chi connectivity index (χ0) is 28.0. The fraction of sp³-hybridized carbons (Fsp3) is 0.231. The van der Waals surface area contributed by atoms with E-state index in [0.717, 1.165) is 8.61 Å². The van der Waals surface area contributed by atoms with E-state index in [9.17, 15) is 26.7 Å². The van der Waals surface area contributed by atoms with E-state index >= 15 is 0 Å². The van der Waals surface area contributed by atoms with Gasteiger partial charge < -0.3 is 9.84 Å². The lowest BCUT2D eigenvalue weighted by Gasteiger charge is -2.38. The molecule has 39 heavy (non-hydrogen) atoms. The quantitative estimate of drug-likeness (QED) is 0.295. The average Bonchev–Trinajstić information content (AvgIpc) is 2.95. The van der Waals surface area contributed by atoms with Gasteiger partial charge in [-0.05, 0) is 55.0 Å². The van der Waals surface area contributed by atoms with Crippen LogP contribution in [0.5, 0.6) is 11.5 Å². The molecule has 0 saturated carbocycles. The monoisotopic (exact) mass is 572 g/mol. The average molecular weight is 573 g/mol. The summed E-state index contributed by atoms with van der Waals surface area (Å²) in [6.45, 7) is 1.32. The molecule has 1 heterocycles. The zero-order valence-corrected chi connectivity index (χ0v) is 22.7. The number of benzene rings is 3. The van der Waals surface area contributed by atoms with Gasteiger partial charge in [0.1, 0.15) is 6.04 Å². The third kappa shape index (κ3) is 6.28. The van der Waals surface area contributed by atoms with E-state index < -0.39 is 38.5 Å². The molecule has 13 heteroatoms. The van der Waals surface area contributed by atoms with Crippen molar-refractivity contribution in [1.82, 2.24) is 14.0 Å². The first kappa shape index (κ1) is 28.2. The second-order valence-electron chi connectivity index (χ2n) is 8.52. The number of hydrogen-bond acceptors (Lipinski definition) is 8. The summed E-state index contributed by atoms with van der Waals surface area (Å²) in [7, 11) is -8.11. The van der Waals surface area contributed by atoms with Crippen LogP contribution < -0.4 is 10.2 Å². The minimum Gasteiger partial charge on any atom is -0.504 e. The van der Waals surface area contributed by atoms with Gasteiger partial charge in [0.15, 0.2) is 11.5 Å². The molecular weight excluding hydrogens is 544 g/mol.